The smallest absolute Gasteiger partial charge is 0.155 e. The molecule has 0 saturated carbocycles. The molecule has 0 bridgehead atoms. The lowest BCUT2D eigenvalue weighted by Gasteiger charge is -2.15. The molecule has 0 spiro atoms. The third-order valence-corrected chi connectivity index (χ3v) is 1.99. The number of hydrogen-bond acceptors (Lipinski definition) is 2. The monoisotopic (exact) mass is 208 g/mol. The summed E-state index contributed by atoms with van der Waals surface area (Å²) in [6.45, 7) is 7.55. The van der Waals surface area contributed by atoms with Gasteiger partial charge in [0, 0.05) is 0 Å². The first-order chi connectivity index (χ1) is 7.18. The van der Waals surface area contributed by atoms with Crippen molar-refractivity contribution in [3.05, 3.63) is 35.9 Å². The summed E-state index contributed by atoms with van der Waals surface area (Å²) in [5.41, 5.74) is 1.18. The Bertz CT molecular complexity index is 256. The predicted octanol–water partition coefficient (Wildman–Crippen LogP) is 3.22. The average molecular weight is 208 g/mol. The van der Waals surface area contributed by atoms with E-state index in [4.69, 9.17) is 9.47 Å². The Morgan fingerprint density at radius 2 is 1.67 bits per heavy atom. The summed E-state index contributed by atoms with van der Waals surface area (Å²) < 4.78 is 11.1. The maximum absolute atomic E-state index is 5.56. The van der Waals surface area contributed by atoms with Gasteiger partial charge in [0.25, 0.3) is 0 Å². The molecule has 15 heavy (non-hydrogen) atoms. The SMILES string of the molecule is CC(C)COC(C)OCc1ccccc1. The molecule has 0 fully saturated rings. The first-order valence-corrected chi connectivity index (χ1v) is 5.45. The molecule has 0 aliphatic heterocycles. The van der Waals surface area contributed by atoms with E-state index < -0.39 is 0 Å². The van der Waals surface area contributed by atoms with Gasteiger partial charge >= 0.3 is 0 Å². The molecular formula is C13H20O2. The fourth-order valence-electron chi connectivity index (χ4n) is 1.16. The molecule has 0 heterocycles. The average Bonchev–Trinajstić information content (AvgIpc) is 2.25. The summed E-state index contributed by atoms with van der Waals surface area (Å²) in [6.07, 6.45) is -0.132. The first kappa shape index (κ1) is 12.2. The Kier molecular flexibility index (Phi) is 5.37. The van der Waals surface area contributed by atoms with Crippen molar-refractivity contribution >= 4 is 0 Å². The quantitative estimate of drug-likeness (QED) is 0.668. The molecule has 0 amide bonds. The van der Waals surface area contributed by atoms with E-state index in [1.54, 1.807) is 0 Å². The highest BCUT2D eigenvalue weighted by Gasteiger charge is 2.03. The topological polar surface area (TPSA) is 18.5 Å². The molecule has 0 radical (unpaired) electrons. The second-order valence-electron chi connectivity index (χ2n) is 4.09. The molecule has 0 N–H and O–H groups in total. The van der Waals surface area contributed by atoms with Gasteiger partial charge < -0.3 is 9.47 Å². The molecule has 0 saturated heterocycles. The van der Waals surface area contributed by atoms with Crippen molar-refractivity contribution in [2.45, 2.75) is 33.7 Å². The van der Waals surface area contributed by atoms with Crippen LogP contribution in [-0.2, 0) is 16.1 Å². The number of rotatable bonds is 6. The van der Waals surface area contributed by atoms with E-state index in [1.807, 2.05) is 25.1 Å². The molecule has 1 aromatic carbocycles. The van der Waals surface area contributed by atoms with Crippen LogP contribution in [0.3, 0.4) is 0 Å². The Hall–Kier alpha value is -0.860. The van der Waals surface area contributed by atoms with Crippen LogP contribution in [0.5, 0.6) is 0 Å². The van der Waals surface area contributed by atoms with Gasteiger partial charge in [0.05, 0.1) is 13.2 Å². The van der Waals surface area contributed by atoms with Crippen LogP contribution in [0.2, 0.25) is 0 Å². The van der Waals surface area contributed by atoms with E-state index in [9.17, 15) is 0 Å². The zero-order chi connectivity index (χ0) is 11.1. The molecule has 84 valence electrons. The minimum absolute atomic E-state index is 0.132. The van der Waals surface area contributed by atoms with Gasteiger partial charge in [0.1, 0.15) is 0 Å². The standard InChI is InChI=1S/C13H20O2/c1-11(2)9-14-12(3)15-10-13-7-5-4-6-8-13/h4-8,11-12H,9-10H2,1-3H3. The predicted molar refractivity (Wildman–Crippen MR) is 61.5 cm³/mol. The molecular weight excluding hydrogens is 188 g/mol. The second kappa shape index (κ2) is 6.59. The largest absolute Gasteiger partial charge is 0.353 e. The first-order valence-electron chi connectivity index (χ1n) is 5.45. The van der Waals surface area contributed by atoms with Crippen LogP contribution in [0, 0.1) is 5.92 Å². The van der Waals surface area contributed by atoms with E-state index in [0.717, 1.165) is 6.61 Å². The maximum Gasteiger partial charge on any atom is 0.155 e. The van der Waals surface area contributed by atoms with Gasteiger partial charge in [-0.3, -0.25) is 0 Å². The van der Waals surface area contributed by atoms with Gasteiger partial charge in [0.2, 0.25) is 0 Å². The number of ether oxygens (including phenoxy) is 2. The Labute approximate surface area is 92.2 Å². The van der Waals surface area contributed by atoms with Crippen molar-refractivity contribution in [3.63, 3.8) is 0 Å². The number of benzene rings is 1. The molecule has 1 atom stereocenters. The van der Waals surface area contributed by atoms with Crippen molar-refractivity contribution in [3.8, 4) is 0 Å². The molecule has 2 heteroatoms. The van der Waals surface area contributed by atoms with Crippen LogP contribution in [0.25, 0.3) is 0 Å². The Balaban J connectivity index is 2.19. The number of hydrogen-bond donors (Lipinski definition) is 0. The Morgan fingerprint density at radius 1 is 1.00 bits per heavy atom. The highest BCUT2D eigenvalue weighted by Crippen LogP contribution is 2.05. The molecule has 0 aromatic heterocycles. The van der Waals surface area contributed by atoms with Gasteiger partial charge in [-0.05, 0) is 18.4 Å². The third-order valence-electron chi connectivity index (χ3n) is 1.99. The van der Waals surface area contributed by atoms with Crippen molar-refractivity contribution in [1.82, 2.24) is 0 Å². The van der Waals surface area contributed by atoms with Crippen LogP contribution in [0.4, 0.5) is 0 Å². The van der Waals surface area contributed by atoms with Gasteiger partial charge in [0.15, 0.2) is 6.29 Å². The van der Waals surface area contributed by atoms with E-state index in [1.165, 1.54) is 5.56 Å². The summed E-state index contributed by atoms with van der Waals surface area (Å²) in [7, 11) is 0. The third kappa shape index (κ3) is 5.55. The van der Waals surface area contributed by atoms with Gasteiger partial charge in [-0.15, -0.1) is 0 Å². The van der Waals surface area contributed by atoms with Crippen molar-refractivity contribution in [2.75, 3.05) is 6.61 Å². The molecule has 1 unspecified atom stereocenters. The molecule has 2 nitrogen and oxygen atoms in total. The van der Waals surface area contributed by atoms with Crippen LogP contribution in [0.15, 0.2) is 30.3 Å². The Morgan fingerprint density at radius 3 is 2.27 bits per heavy atom. The summed E-state index contributed by atoms with van der Waals surface area (Å²) >= 11 is 0. The van der Waals surface area contributed by atoms with Crippen molar-refractivity contribution < 1.29 is 9.47 Å². The lowest BCUT2D eigenvalue weighted by molar-refractivity contribution is -0.143. The zero-order valence-electron chi connectivity index (χ0n) is 9.77. The lowest BCUT2D eigenvalue weighted by atomic mass is 10.2. The normalized spacial score (nSPS) is 13.1. The highest BCUT2D eigenvalue weighted by atomic mass is 16.7. The minimum atomic E-state index is -0.132. The molecule has 0 aliphatic carbocycles. The summed E-state index contributed by atoms with van der Waals surface area (Å²) in [5.74, 6) is 0.549. The molecule has 1 aromatic rings. The van der Waals surface area contributed by atoms with E-state index in [-0.39, 0.29) is 6.29 Å². The highest BCUT2D eigenvalue weighted by molar-refractivity contribution is 5.13. The van der Waals surface area contributed by atoms with Gasteiger partial charge in [-0.2, -0.15) is 0 Å². The fourth-order valence-corrected chi connectivity index (χ4v) is 1.16. The van der Waals surface area contributed by atoms with Crippen molar-refractivity contribution in [2.24, 2.45) is 5.92 Å². The van der Waals surface area contributed by atoms with E-state index in [2.05, 4.69) is 26.0 Å². The summed E-state index contributed by atoms with van der Waals surface area (Å²) in [4.78, 5) is 0. The summed E-state index contributed by atoms with van der Waals surface area (Å²) in [6, 6.07) is 10.1. The van der Waals surface area contributed by atoms with Crippen molar-refractivity contribution in [1.29, 1.82) is 0 Å². The molecule has 0 aliphatic rings. The van der Waals surface area contributed by atoms with E-state index in [0.29, 0.717) is 12.5 Å². The zero-order valence-corrected chi connectivity index (χ0v) is 9.77. The van der Waals surface area contributed by atoms with E-state index >= 15 is 0 Å². The molecule has 1 rings (SSSR count). The van der Waals surface area contributed by atoms with Crippen LogP contribution >= 0.6 is 0 Å². The van der Waals surface area contributed by atoms with Crippen LogP contribution in [0.1, 0.15) is 26.3 Å². The fraction of sp³-hybridized carbons (Fsp3) is 0.538. The second-order valence-corrected chi connectivity index (χ2v) is 4.09. The maximum atomic E-state index is 5.56. The minimum Gasteiger partial charge on any atom is -0.353 e. The van der Waals surface area contributed by atoms with Gasteiger partial charge in [-0.25, -0.2) is 0 Å². The summed E-state index contributed by atoms with van der Waals surface area (Å²) in [5, 5.41) is 0. The lowest BCUT2D eigenvalue weighted by Crippen LogP contribution is -2.16. The van der Waals surface area contributed by atoms with Gasteiger partial charge in [-0.1, -0.05) is 44.2 Å². The van der Waals surface area contributed by atoms with Crippen LogP contribution < -0.4 is 0 Å². The van der Waals surface area contributed by atoms with Crippen LogP contribution in [-0.4, -0.2) is 12.9 Å².